The highest BCUT2D eigenvalue weighted by Gasteiger charge is 2.43. The Morgan fingerprint density at radius 1 is 1.25 bits per heavy atom. The molecule has 1 aromatic rings. The molecule has 112 valence electrons. The molecular formula is C15H19BrF3N. The Labute approximate surface area is 126 Å². The molecule has 4 atom stereocenters. The fraction of sp³-hybridized carbons (Fsp3) is 0.667. The van der Waals surface area contributed by atoms with Crippen molar-refractivity contribution in [3.8, 4) is 0 Å². The molecule has 1 aliphatic carbocycles. The first kappa shape index (κ1) is 15.8. The Bertz CT molecular complexity index is 421. The number of pyridine rings is 1. The molecule has 1 nitrogen and oxygen atoms in total. The van der Waals surface area contributed by atoms with Gasteiger partial charge in [0.25, 0.3) is 0 Å². The van der Waals surface area contributed by atoms with Crippen molar-refractivity contribution in [2.45, 2.75) is 49.5 Å². The van der Waals surface area contributed by atoms with Gasteiger partial charge in [0.2, 0.25) is 0 Å². The molecule has 1 aromatic heterocycles. The van der Waals surface area contributed by atoms with Crippen LogP contribution in [0.2, 0.25) is 0 Å². The van der Waals surface area contributed by atoms with Crippen LogP contribution in [0.4, 0.5) is 13.2 Å². The van der Waals surface area contributed by atoms with E-state index in [1.54, 1.807) is 12.4 Å². The molecule has 0 bridgehead atoms. The number of hydrogen-bond acceptors (Lipinski definition) is 1. The van der Waals surface area contributed by atoms with Crippen LogP contribution in [0, 0.1) is 11.8 Å². The first-order valence-corrected chi connectivity index (χ1v) is 7.92. The Kier molecular flexibility index (Phi) is 5.10. The van der Waals surface area contributed by atoms with Crippen LogP contribution in [0.25, 0.3) is 0 Å². The quantitative estimate of drug-likeness (QED) is 0.673. The second-order valence-electron chi connectivity index (χ2n) is 5.68. The lowest BCUT2D eigenvalue weighted by molar-refractivity contribution is -0.185. The minimum absolute atomic E-state index is 0.0787. The van der Waals surface area contributed by atoms with Gasteiger partial charge < -0.3 is 0 Å². The van der Waals surface area contributed by atoms with Crippen LogP contribution < -0.4 is 0 Å². The number of alkyl halides is 4. The van der Waals surface area contributed by atoms with Crippen molar-refractivity contribution in [3.63, 3.8) is 0 Å². The normalized spacial score (nSPS) is 27.1. The highest BCUT2D eigenvalue weighted by atomic mass is 79.9. The summed E-state index contributed by atoms with van der Waals surface area (Å²) in [5.41, 5.74) is 1.12. The van der Waals surface area contributed by atoms with Gasteiger partial charge in [0.15, 0.2) is 0 Å². The van der Waals surface area contributed by atoms with Crippen LogP contribution in [-0.4, -0.2) is 16.0 Å². The summed E-state index contributed by atoms with van der Waals surface area (Å²) in [4.78, 5) is 4.06. The predicted octanol–water partition coefficient (Wildman–Crippen LogP) is 5.32. The van der Waals surface area contributed by atoms with Gasteiger partial charge in [-0.1, -0.05) is 29.3 Å². The van der Waals surface area contributed by atoms with E-state index in [1.165, 1.54) is 0 Å². The molecular weight excluding hydrogens is 331 g/mol. The summed E-state index contributed by atoms with van der Waals surface area (Å²) in [5, 5.41) is 0. The molecule has 4 unspecified atom stereocenters. The van der Waals surface area contributed by atoms with Crippen LogP contribution >= 0.6 is 15.9 Å². The second kappa shape index (κ2) is 6.46. The maximum absolute atomic E-state index is 12.9. The highest BCUT2D eigenvalue weighted by Crippen LogP contribution is 2.44. The number of hydrogen-bond donors (Lipinski definition) is 0. The first-order chi connectivity index (χ1) is 9.39. The van der Waals surface area contributed by atoms with E-state index in [9.17, 15) is 13.2 Å². The molecule has 0 saturated heterocycles. The summed E-state index contributed by atoms with van der Waals surface area (Å²) >= 11 is 3.65. The number of rotatable bonds is 3. The monoisotopic (exact) mass is 349 g/mol. The summed E-state index contributed by atoms with van der Waals surface area (Å²) < 4.78 is 38.6. The van der Waals surface area contributed by atoms with E-state index in [0.29, 0.717) is 6.42 Å². The molecule has 5 heteroatoms. The fourth-order valence-corrected chi connectivity index (χ4v) is 3.86. The molecule has 0 aliphatic heterocycles. The third-order valence-corrected chi connectivity index (χ3v) is 5.88. The molecule has 0 N–H and O–H groups in total. The van der Waals surface area contributed by atoms with Crippen molar-refractivity contribution < 1.29 is 13.2 Å². The van der Waals surface area contributed by atoms with E-state index >= 15 is 0 Å². The van der Waals surface area contributed by atoms with Crippen molar-refractivity contribution in [1.82, 2.24) is 4.98 Å². The largest absolute Gasteiger partial charge is 0.391 e. The van der Waals surface area contributed by atoms with E-state index in [2.05, 4.69) is 27.8 Å². The Hall–Kier alpha value is -0.580. The maximum atomic E-state index is 12.9. The van der Waals surface area contributed by atoms with Gasteiger partial charge in [-0.3, -0.25) is 4.98 Å². The summed E-state index contributed by atoms with van der Waals surface area (Å²) in [6.45, 7) is 2.06. The van der Waals surface area contributed by atoms with Gasteiger partial charge in [-0.2, -0.15) is 13.2 Å². The lowest BCUT2D eigenvalue weighted by atomic mass is 9.76. The summed E-state index contributed by atoms with van der Waals surface area (Å²) in [5.74, 6) is -0.862. The van der Waals surface area contributed by atoms with E-state index in [4.69, 9.17) is 0 Å². The predicted molar refractivity (Wildman–Crippen MR) is 76.9 cm³/mol. The Balaban J connectivity index is 2.03. The van der Waals surface area contributed by atoms with Gasteiger partial charge in [-0.05, 0) is 48.8 Å². The van der Waals surface area contributed by atoms with E-state index in [-0.39, 0.29) is 29.5 Å². The SMILES string of the molecule is CC(c1ccncc1)C(Br)C1CCCC(C(F)(F)F)C1. The zero-order chi connectivity index (χ0) is 14.8. The third-order valence-electron chi connectivity index (χ3n) is 4.34. The second-order valence-corrected chi connectivity index (χ2v) is 6.74. The Morgan fingerprint density at radius 3 is 2.50 bits per heavy atom. The van der Waals surface area contributed by atoms with E-state index in [0.717, 1.165) is 12.0 Å². The zero-order valence-electron chi connectivity index (χ0n) is 11.4. The highest BCUT2D eigenvalue weighted by molar-refractivity contribution is 9.09. The molecule has 1 heterocycles. The lowest BCUT2D eigenvalue weighted by Gasteiger charge is -2.35. The number of halogens is 4. The molecule has 0 spiro atoms. The minimum Gasteiger partial charge on any atom is -0.265 e. The molecule has 1 fully saturated rings. The van der Waals surface area contributed by atoms with Gasteiger partial charge in [0.1, 0.15) is 0 Å². The fourth-order valence-electron chi connectivity index (χ4n) is 3.07. The average molecular weight is 350 g/mol. The molecule has 1 saturated carbocycles. The van der Waals surface area contributed by atoms with Crippen LogP contribution in [-0.2, 0) is 0 Å². The standard InChI is InChI=1S/C15H19BrF3N/c1-10(11-5-7-20-8-6-11)14(16)12-3-2-4-13(9-12)15(17,18)19/h5-8,10,12-14H,2-4,9H2,1H3. The lowest BCUT2D eigenvalue weighted by Crippen LogP contribution is -2.33. The van der Waals surface area contributed by atoms with Crippen molar-refractivity contribution in [2.75, 3.05) is 0 Å². The minimum atomic E-state index is -4.05. The van der Waals surface area contributed by atoms with Crippen LogP contribution in [0.1, 0.15) is 44.1 Å². The van der Waals surface area contributed by atoms with Gasteiger partial charge in [-0.15, -0.1) is 0 Å². The van der Waals surface area contributed by atoms with Crippen LogP contribution in [0.5, 0.6) is 0 Å². The van der Waals surface area contributed by atoms with Crippen LogP contribution in [0.15, 0.2) is 24.5 Å². The number of nitrogens with zero attached hydrogens (tertiary/aromatic N) is 1. The van der Waals surface area contributed by atoms with E-state index < -0.39 is 12.1 Å². The molecule has 2 rings (SSSR count). The van der Waals surface area contributed by atoms with Crippen LogP contribution in [0.3, 0.4) is 0 Å². The van der Waals surface area contributed by atoms with Gasteiger partial charge in [0.05, 0.1) is 5.92 Å². The topological polar surface area (TPSA) is 12.9 Å². The van der Waals surface area contributed by atoms with Gasteiger partial charge in [0, 0.05) is 17.2 Å². The number of aromatic nitrogens is 1. The van der Waals surface area contributed by atoms with E-state index in [1.807, 2.05) is 12.1 Å². The molecule has 0 radical (unpaired) electrons. The van der Waals surface area contributed by atoms with Crippen molar-refractivity contribution >= 4 is 15.9 Å². The van der Waals surface area contributed by atoms with Gasteiger partial charge >= 0.3 is 6.18 Å². The molecule has 20 heavy (non-hydrogen) atoms. The smallest absolute Gasteiger partial charge is 0.265 e. The van der Waals surface area contributed by atoms with Crippen molar-refractivity contribution in [1.29, 1.82) is 0 Å². The molecule has 0 amide bonds. The third kappa shape index (κ3) is 3.74. The Morgan fingerprint density at radius 2 is 1.90 bits per heavy atom. The van der Waals surface area contributed by atoms with Crippen molar-refractivity contribution in [2.24, 2.45) is 11.8 Å². The summed E-state index contributed by atoms with van der Waals surface area (Å²) in [6.07, 6.45) is 1.47. The maximum Gasteiger partial charge on any atom is 0.391 e. The summed E-state index contributed by atoms with van der Waals surface area (Å²) in [6, 6.07) is 3.87. The van der Waals surface area contributed by atoms with Crippen molar-refractivity contribution in [3.05, 3.63) is 30.1 Å². The zero-order valence-corrected chi connectivity index (χ0v) is 13.0. The molecule has 0 aromatic carbocycles. The molecule has 1 aliphatic rings. The average Bonchev–Trinajstić information content (AvgIpc) is 2.46. The first-order valence-electron chi connectivity index (χ1n) is 7.00. The summed E-state index contributed by atoms with van der Waals surface area (Å²) in [7, 11) is 0. The van der Waals surface area contributed by atoms with Gasteiger partial charge in [-0.25, -0.2) is 0 Å².